The third-order valence-electron chi connectivity index (χ3n) is 3.53. The highest BCUT2D eigenvalue weighted by Crippen LogP contribution is 2.28. The van der Waals surface area contributed by atoms with Gasteiger partial charge in [-0.15, -0.1) is 0 Å². The summed E-state index contributed by atoms with van der Waals surface area (Å²) in [7, 11) is 0. The molecular formula is C15H15ClFN3. The molecule has 1 aromatic carbocycles. The molecule has 2 heterocycles. The fraction of sp³-hybridized carbons (Fsp3) is 0.333. The highest BCUT2D eigenvalue weighted by atomic mass is 35.5. The van der Waals surface area contributed by atoms with Gasteiger partial charge in [0.05, 0.1) is 10.7 Å². The number of hydrogen-bond donors (Lipinski definition) is 1. The van der Waals surface area contributed by atoms with Crippen molar-refractivity contribution in [3.8, 4) is 11.4 Å². The molecule has 1 aliphatic rings. The van der Waals surface area contributed by atoms with Gasteiger partial charge in [0, 0.05) is 17.8 Å². The molecule has 2 aromatic rings. The van der Waals surface area contributed by atoms with Crippen molar-refractivity contribution in [2.75, 3.05) is 6.54 Å². The molecule has 3 rings (SSSR count). The Labute approximate surface area is 122 Å². The van der Waals surface area contributed by atoms with E-state index in [0.717, 1.165) is 37.3 Å². The number of halogens is 2. The molecule has 0 spiro atoms. The van der Waals surface area contributed by atoms with E-state index in [1.54, 1.807) is 6.07 Å². The summed E-state index contributed by atoms with van der Waals surface area (Å²) < 4.78 is 13.1. The molecule has 0 amide bonds. The Morgan fingerprint density at radius 1 is 1.35 bits per heavy atom. The number of hydrogen-bond acceptors (Lipinski definition) is 3. The molecule has 0 radical (unpaired) electrons. The van der Waals surface area contributed by atoms with E-state index in [9.17, 15) is 4.39 Å². The highest BCUT2D eigenvalue weighted by molar-refractivity contribution is 6.33. The fourth-order valence-electron chi connectivity index (χ4n) is 2.52. The topological polar surface area (TPSA) is 37.8 Å². The summed E-state index contributed by atoms with van der Waals surface area (Å²) in [5.41, 5.74) is 4.01. The predicted octanol–water partition coefficient (Wildman–Crippen LogP) is 3.14. The van der Waals surface area contributed by atoms with Gasteiger partial charge in [0.1, 0.15) is 5.82 Å². The molecule has 0 bridgehead atoms. The number of benzene rings is 1. The maximum atomic E-state index is 13.1. The quantitative estimate of drug-likeness (QED) is 0.924. The number of nitrogens with one attached hydrogen (secondary N) is 1. The van der Waals surface area contributed by atoms with Gasteiger partial charge < -0.3 is 5.32 Å². The molecule has 5 heteroatoms. The summed E-state index contributed by atoms with van der Waals surface area (Å²) in [6, 6.07) is 4.31. The van der Waals surface area contributed by atoms with Crippen molar-refractivity contribution in [3.05, 3.63) is 46.0 Å². The van der Waals surface area contributed by atoms with Crippen molar-refractivity contribution in [2.24, 2.45) is 0 Å². The lowest BCUT2D eigenvalue weighted by molar-refractivity contribution is 0.616. The molecule has 0 unspecified atom stereocenters. The van der Waals surface area contributed by atoms with Gasteiger partial charge in [0.15, 0.2) is 5.82 Å². The Morgan fingerprint density at radius 2 is 2.20 bits per heavy atom. The first-order chi connectivity index (χ1) is 9.69. The van der Waals surface area contributed by atoms with E-state index in [0.29, 0.717) is 16.4 Å². The van der Waals surface area contributed by atoms with Gasteiger partial charge in [-0.1, -0.05) is 18.5 Å². The third-order valence-corrected chi connectivity index (χ3v) is 3.84. The summed E-state index contributed by atoms with van der Waals surface area (Å²) in [5.74, 6) is 0.225. The van der Waals surface area contributed by atoms with Crippen molar-refractivity contribution in [1.82, 2.24) is 15.3 Å². The summed E-state index contributed by atoms with van der Waals surface area (Å²) in [4.78, 5) is 9.22. The van der Waals surface area contributed by atoms with E-state index in [4.69, 9.17) is 11.6 Å². The van der Waals surface area contributed by atoms with Crippen molar-refractivity contribution in [3.63, 3.8) is 0 Å². The van der Waals surface area contributed by atoms with E-state index in [2.05, 4.69) is 22.2 Å². The van der Waals surface area contributed by atoms with Gasteiger partial charge in [-0.25, -0.2) is 14.4 Å². The van der Waals surface area contributed by atoms with Gasteiger partial charge in [0.25, 0.3) is 0 Å². The van der Waals surface area contributed by atoms with Crippen LogP contribution in [0.15, 0.2) is 18.2 Å². The molecule has 104 valence electrons. The van der Waals surface area contributed by atoms with Gasteiger partial charge in [-0.3, -0.25) is 0 Å². The van der Waals surface area contributed by atoms with E-state index in [-0.39, 0.29) is 5.82 Å². The number of rotatable bonds is 2. The molecule has 0 atom stereocenters. The number of nitrogens with zero attached hydrogens (tertiary/aromatic N) is 2. The van der Waals surface area contributed by atoms with E-state index >= 15 is 0 Å². The molecule has 0 saturated heterocycles. The Kier molecular flexibility index (Phi) is 3.68. The Hall–Kier alpha value is -1.52. The first-order valence-corrected chi connectivity index (χ1v) is 7.11. The summed E-state index contributed by atoms with van der Waals surface area (Å²) in [5, 5.41) is 3.65. The third kappa shape index (κ3) is 2.41. The van der Waals surface area contributed by atoms with Gasteiger partial charge in [0.2, 0.25) is 0 Å². The average molecular weight is 292 g/mol. The van der Waals surface area contributed by atoms with Crippen LogP contribution in [0.4, 0.5) is 4.39 Å². The largest absolute Gasteiger partial charge is 0.311 e. The minimum absolute atomic E-state index is 0.343. The first kappa shape index (κ1) is 13.5. The van der Waals surface area contributed by atoms with Gasteiger partial charge >= 0.3 is 0 Å². The van der Waals surface area contributed by atoms with Crippen LogP contribution < -0.4 is 5.32 Å². The van der Waals surface area contributed by atoms with Crippen LogP contribution in [-0.4, -0.2) is 16.5 Å². The second-order valence-electron chi connectivity index (χ2n) is 4.82. The summed E-state index contributed by atoms with van der Waals surface area (Å²) in [6.07, 6.45) is 1.81. The van der Waals surface area contributed by atoms with Crippen molar-refractivity contribution >= 4 is 11.6 Å². The number of aryl methyl sites for hydroxylation is 1. The molecular weight excluding hydrogens is 277 g/mol. The maximum absolute atomic E-state index is 13.1. The van der Waals surface area contributed by atoms with Crippen molar-refractivity contribution < 1.29 is 4.39 Å². The molecule has 1 N–H and O–H groups in total. The summed E-state index contributed by atoms with van der Waals surface area (Å²) in [6.45, 7) is 3.79. The monoisotopic (exact) mass is 291 g/mol. The Balaban J connectivity index is 2.14. The lowest BCUT2D eigenvalue weighted by Gasteiger charge is -2.19. The average Bonchev–Trinajstić information content (AvgIpc) is 2.46. The van der Waals surface area contributed by atoms with Crippen LogP contribution in [0, 0.1) is 5.82 Å². The van der Waals surface area contributed by atoms with E-state index in [1.165, 1.54) is 17.7 Å². The molecule has 3 nitrogen and oxygen atoms in total. The molecule has 0 fully saturated rings. The minimum atomic E-state index is -0.353. The zero-order valence-corrected chi connectivity index (χ0v) is 12.0. The Morgan fingerprint density at radius 3 is 2.95 bits per heavy atom. The lowest BCUT2D eigenvalue weighted by Crippen LogP contribution is -2.26. The van der Waals surface area contributed by atoms with E-state index in [1.807, 2.05) is 0 Å². The van der Waals surface area contributed by atoms with Crippen LogP contribution in [0.5, 0.6) is 0 Å². The van der Waals surface area contributed by atoms with Gasteiger partial charge in [-0.2, -0.15) is 0 Å². The van der Waals surface area contributed by atoms with Crippen LogP contribution in [0.3, 0.4) is 0 Å². The standard InChI is InChI=1S/C15H15ClFN3/c1-2-13-11-5-6-18-8-14(11)20-15(19-13)10-4-3-9(17)7-12(10)16/h3-4,7,18H,2,5-6,8H2,1H3. The zero-order valence-electron chi connectivity index (χ0n) is 11.2. The Bertz CT molecular complexity index is 641. The minimum Gasteiger partial charge on any atom is -0.311 e. The first-order valence-electron chi connectivity index (χ1n) is 6.74. The van der Waals surface area contributed by atoms with Crippen molar-refractivity contribution in [2.45, 2.75) is 26.3 Å². The second kappa shape index (κ2) is 5.46. The second-order valence-corrected chi connectivity index (χ2v) is 5.23. The normalized spacial score (nSPS) is 14.2. The molecule has 1 aromatic heterocycles. The summed E-state index contributed by atoms with van der Waals surface area (Å²) >= 11 is 6.11. The molecule has 20 heavy (non-hydrogen) atoms. The van der Waals surface area contributed by atoms with E-state index < -0.39 is 0 Å². The highest BCUT2D eigenvalue weighted by Gasteiger charge is 2.18. The fourth-order valence-corrected chi connectivity index (χ4v) is 2.77. The predicted molar refractivity (Wildman–Crippen MR) is 77.2 cm³/mol. The molecule has 1 aliphatic heterocycles. The molecule has 0 aliphatic carbocycles. The van der Waals surface area contributed by atoms with Gasteiger partial charge in [-0.05, 0) is 43.1 Å². The van der Waals surface area contributed by atoms with Crippen LogP contribution in [0.1, 0.15) is 23.9 Å². The van der Waals surface area contributed by atoms with Crippen LogP contribution >= 0.6 is 11.6 Å². The zero-order chi connectivity index (χ0) is 14.1. The lowest BCUT2D eigenvalue weighted by atomic mass is 10.0. The maximum Gasteiger partial charge on any atom is 0.161 e. The number of fused-ring (bicyclic) bond motifs is 1. The SMILES string of the molecule is CCc1nc(-c2ccc(F)cc2Cl)nc2c1CCNC2. The van der Waals surface area contributed by atoms with Crippen LogP contribution in [0.2, 0.25) is 5.02 Å². The number of aromatic nitrogens is 2. The van der Waals surface area contributed by atoms with Crippen LogP contribution in [-0.2, 0) is 19.4 Å². The smallest absolute Gasteiger partial charge is 0.161 e. The molecule has 0 saturated carbocycles. The van der Waals surface area contributed by atoms with Crippen molar-refractivity contribution in [1.29, 1.82) is 0 Å². The van der Waals surface area contributed by atoms with Crippen LogP contribution in [0.25, 0.3) is 11.4 Å².